The van der Waals surface area contributed by atoms with Crippen molar-refractivity contribution >= 4 is 17.2 Å². The number of hydrogen-bond donors (Lipinski definition) is 1. The van der Waals surface area contributed by atoms with Crippen LogP contribution in [0, 0.1) is 0 Å². The summed E-state index contributed by atoms with van der Waals surface area (Å²) in [5.41, 5.74) is 1.82. The van der Waals surface area contributed by atoms with Crippen LogP contribution in [0.25, 0.3) is 10.6 Å². The Morgan fingerprint density at radius 2 is 2.20 bits per heavy atom. The van der Waals surface area contributed by atoms with Crippen LogP contribution in [-0.4, -0.2) is 36.1 Å². The number of hydrogen-bond acceptors (Lipinski definition) is 5. The van der Waals surface area contributed by atoms with Gasteiger partial charge in [-0.25, -0.2) is 4.98 Å². The lowest BCUT2D eigenvalue weighted by atomic mass is 10.3. The second-order valence-electron chi connectivity index (χ2n) is 4.25. The van der Waals surface area contributed by atoms with Crippen molar-refractivity contribution in [3.8, 4) is 10.6 Å². The zero-order valence-electron chi connectivity index (χ0n) is 11.3. The first-order chi connectivity index (χ1) is 9.79. The molecule has 0 aliphatic carbocycles. The van der Waals surface area contributed by atoms with Gasteiger partial charge in [0, 0.05) is 43.6 Å². The van der Waals surface area contributed by atoms with E-state index in [0.717, 1.165) is 22.7 Å². The van der Waals surface area contributed by atoms with Gasteiger partial charge in [0.25, 0.3) is 0 Å². The molecule has 2 heterocycles. The highest BCUT2D eigenvalue weighted by atomic mass is 32.1. The fourth-order valence-electron chi connectivity index (χ4n) is 1.69. The van der Waals surface area contributed by atoms with Crippen LogP contribution in [0.4, 0.5) is 0 Å². The Kier molecular flexibility index (Phi) is 5.64. The van der Waals surface area contributed by atoms with E-state index in [2.05, 4.69) is 15.3 Å². The van der Waals surface area contributed by atoms with E-state index in [1.165, 1.54) is 11.3 Å². The number of pyridine rings is 1. The lowest BCUT2D eigenvalue weighted by Crippen LogP contribution is -2.26. The minimum absolute atomic E-state index is 0.00678. The number of nitrogens with one attached hydrogen (secondary N) is 1. The second kappa shape index (κ2) is 7.72. The van der Waals surface area contributed by atoms with Gasteiger partial charge in [0.15, 0.2) is 0 Å². The first kappa shape index (κ1) is 14.6. The van der Waals surface area contributed by atoms with Gasteiger partial charge in [-0.15, -0.1) is 11.3 Å². The van der Waals surface area contributed by atoms with Crippen LogP contribution < -0.4 is 5.32 Å². The molecule has 0 aliphatic heterocycles. The third-order valence-corrected chi connectivity index (χ3v) is 3.61. The average Bonchev–Trinajstić information content (AvgIpc) is 2.93. The molecule has 0 unspecified atom stereocenters. The van der Waals surface area contributed by atoms with Crippen LogP contribution in [0.2, 0.25) is 0 Å². The largest absolute Gasteiger partial charge is 0.385 e. The minimum Gasteiger partial charge on any atom is -0.385 e. The first-order valence-electron chi connectivity index (χ1n) is 6.40. The van der Waals surface area contributed by atoms with Crippen molar-refractivity contribution in [1.82, 2.24) is 15.3 Å². The summed E-state index contributed by atoms with van der Waals surface area (Å²) >= 11 is 1.54. The summed E-state index contributed by atoms with van der Waals surface area (Å²) in [4.78, 5) is 20.2. The molecule has 2 aromatic heterocycles. The highest BCUT2D eigenvalue weighted by Crippen LogP contribution is 2.22. The molecule has 2 rings (SSSR count). The van der Waals surface area contributed by atoms with E-state index in [4.69, 9.17) is 4.74 Å². The van der Waals surface area contributed by atoms with E-state index >= 15 is 0 Å². The molecule has 1 amide bonds. The third-order valence-electron chi connectivity index (χ3n) is 2.67. The number of carbonyl (C=O) groups excluding carboxylic acids is 1. The Hall–Kier alpha value is -1.79. The number of ether oxygens (including phenoxy) is 1. The summed E-state index contributed by atoms with van der Waals surface area (Å²) in [5, 5.41) is 5.68. The maximum absolute atomic E-state index is 11.7. The molecule has 6 heteroatoms. The molecule has 0 spiro atoms. The highest BCUT2D eigenvalue weighted by Gasteiger charge is 2.08. The first-order valence-corrected chi connectivity index (χ1v) is 7.28. The van der Waals surface area contributed by atoms with Gasteiger partial charge in [0.1, 0.15) is 5.01 Å². The van der Waals surface area contributed by atoms with Crippen LogP contribution in [0.15, 0.2) is 29.9 Å². The molecule has 0 atom stereocenters. The van der Waals surface area contributed by atoms with Gasteiger partial charge < -0.3 is 10.1 Å². The Bertz CT molecular complexity index is 542. The number of carbonyl (C=O) groups is 1. The molecule has 2 aromatic rings. The molecule has 0 aliphatic rings. The Morgan fingerprint density at radius 3 is 2.95 bits per heavy atom. The molecule has 0 saturated heterocycles. The van der Waals surface area contributed by atoms with Crippen molar-refractivity contribution in [1.29, 1.82) is 0 Å². The lowest BCUT2D eigenvalue weighted by Gasteiger charge is -2.03. The molecule has 0 radical (unpaired) electrons. The number of thiazole rings is 1. The van der Waals surface area contributed by atoms with Gasteiger partial charge in [-0.3, -0.25) is 9.78 Å². The van der Waals surface area contributed by atoms with Crippen molar-refractivity contribution in [2.45, 2.75) is 12.8 Å². The molecule has 20 heavy (non-hydrogen) atoms. The smallest absolute Gasteiger partial charge is 0.226 e. The number of aromatic nitrogens is 2. The topological polar surface area (TPSA) is 64.1 Å². The normalized spacial score (nSPS) is 10.4. The summed E-state index contributed by atoms with van der Waals surface area (Å²) < 4.78 is 4.93. The van der Waals surface area contributed by atoms with E-state index in [1.807, 2.05) is 17.5 Å². The van der Waals surface area contributed by atoms with Crippen LogP contribution in [0.5, 0.6) is 0 Å². The van der Waals surface area contributed by atoms with E-state index in [-0.39, 0.29) is 5.91 Å². The summed E-state index contributed by atoms with van der Waals surface area (Å²) in [5.74, 6) is -0.00678. The van der Waals surface area contributed by atoms with Crippen LogP contribution >= 0.6 is 11.3 Å². The monoisotopic (exact) mass is 291 g/mol. The summed E-state index contributed by atoms with van der Waals surface area (Å²) in [6.07, 6.45) is 4.61. The fraction of sp³-hybridized carbons (Fsp3) is 0.357. The van der Waals surface area contributed by atoms with Crippen molar-refractivity contribution in [3.63, 3.8) is 0 Å². The maximum atomic E-state index is 11.7. The maximum Gasteiger partial charge on any atom is 0.226 e. The van der Waals surface area contributed by atoms with Gasteiger partial charge in [0.2, 0.25) is 5.91 Å². The zero-order valence-corrected chi connectivity index (χ0v) is 12.2. The van der Waals surface area contributed by atoms with Crippen molar-refractivity contribution < 1.29 is 9.53 Å². The highest BCUT2D eigenvalue weighted by molar-refractivity contribution is 7.13. The van der Waals surface area contributed by atoms with Gasteiger partial charge in [-0.2, -0.15) is 0 Å². The van der Waals surface area contributed by atoms with Crippen LogP contribution in [-0.2, 0) is 16.0 Å². The van der Waals surface area contributed by atoms with Gasteiger partial charge >= 0.3 is 0 Å². The standard InChI is InChI=1S/C14H17N3O2S/c1-19-8-2-5-16-13(18)9-12-10-20-14(17-12)11-3-6-15-7-4-11/h3-4,6-7,10H,2,5,8-9H2,1H3,(H,16,18). The minimum atomic E-state index is -0.00678. The summed E-state index contributed by atoms with van der Waals surface area (Å²) in [7, 11) is 1.65. The van der Waals surface area contributed by atoms with Crippen molar-refractivity contribution in [2.24, 2.45) is 0 Å². The Morgan fingerprint density at radius 1 is 1.40 bits per heavy atom. The van der Waals surface area contributed by atoms with E-state index in [1.54, 1.807) is 19.5 Å². The molecule has 0 fully saturated rings. The molecule has 0 aromatic carbocycles. The number of methoxy groups -OCH3 is 1. The molecule has 5 nitrogen and oxygen atoms in total. The molecular weight excluding hydrogens is 274 g/mol. The van der Waals surface area contributed by atoms with Crippen molar-refractivity contribution in [2.75, 3.05) is 20.3 Å². The summed E-state index contributed by atoms with van der Waals surface area (Å²) in [6.45, 7) is 1.29. The molecule has 0 bridgehead atoms. The Labute approximate surface area is 122 Å². The quantitative estimate of drug-likeness (QED) is 0.791. The van der Waals surface area contributed by atoms with Gasteiger partial charge in [-0.1, -0.05) is 0 Å². The predicted octanol–water partition coefficient (Wildman–Crippen LogP) is 1.90. The lowest BCUT2D eigenvalue weighted by molar-refractivity contribution is -0.120. The zero-order chi connectivity index (χ0) is 14.2. The number of nitrogens with zero attached hydrogens (tertiary/aromatic N) is 2. The van der Waals surface area contributed by atoms with Crippen LogP contribution in [0.3, 0.4) is 0 Å². The van der Waals surface area contributed by atoms with Gasteiger partial charge in [0.05, 0.1) is 12.1 Å². The molecule has 1 N–H and O–H groups in total. The molecule has 0 saturated carbocycles. The molecule has 106 valence electrons. The average molecular weight is 291 g/mol. The number of rotatable bonds is 7. The predicted molar refractivity (Wildman–Crippen MR) is 78.6 cm³/mol. The number of amides is 1. The van der Waals surface area contributed by atoms with Crippen LogP contribution in [0.1, 0.15) is 12.1 Å². The Balaban J connectivity index is 1.85. The fourth-order valence-corrected chi connectivity index (χ4v) is 2.51. The molecular formula is C14H17N3O2S. The SMILES string of the molecule is COCCCNC(=O)Cc1csc(-c2ccncc2)n1. The van der Waals surface area contributed by atoms with E-state index in [0.29, 0.717) is 19.6 Å². The van der Waals surface area contributed by atoms with E-state index < -0.39 is 0 Å². The van der Waals surface area contributed by atoms with E-state index in [9.17, 15) is 4.79 Å². The third kappa shape index (κ3) is 4.40. The van der Waals surface area contributed by atoms with Gasteiger partial charge in [-0.05, 0) is 18.6 Å². The summed E-state index contributed by atoms with van der Waals surface area (Å²) in [6, 6.07) is 3.82. The second-order valence-corrected chi connectivity index (χ2v) is 5.11. The van der Waals surface area contributed by atoms with Crippen molar-refractivity contribution in [3.05, 3.63) is 35.6 Å².